The highest BCUT2D eigenvalue weighted by Gasteiger charge is 2.20. The molecule has 2 rings (SSSR count). The Morgan fingerprint density at radius 1 is 1.22 bits per heavy atom. The molecule has 18 heavy (non-hydrogen) atoms. The zero-order valence-corrected chi connectivity index (χ0v) is 11.4. The van der Waals surface area contributed by atoms with Gasteiger partial charge in [0, 0.05) is 17.0 Å². The van der Waals surface area contributed by atoms with E-state index in [0.717, 1.165) is 10.9 Å². The van der Waals surface area contributed by atoms with Crippen molar-refractivity contribution in [3.05, 3.63) is 29.8 Å². The largest absolute Gasteiger partial charge is 0.478 e. The first-order valence-corrected chi connectivity index (χ1v) is 7.60. The molecule has 0 unspecified atom stereocenters. The van der Waals surface area contributed by atoms with Crippen molar-refractivity contribution in [2.75, 3.05) is 11.6 Å². The standard InChI is InChI=1S/C14H19NO2S/c1-18-13-8-6-12(7-9-13)15-11-4-2-10(3-5-11)14(16)17/h2-5,12-13,15H,6-9H2,1H3,(H,16,17). The minimum absolute atomic E-state index is 0.339. The van der Waals surface area contributed by atoms with Crippen molar-refractivity contribution < 1.29 is 9.90 Å². The van der Waals surface area contributed by atoms with Crippen LogP contribution in [0.25, 0.3) is 0 Å². The van der Waals surface area contributed by atoms with Crippen molar-refractivity contribution in [2.45, 2.75) is 37.0 Å². The summed E-state index contributed by atoms with van der Waals surface area (Å²) >= 11 is 1.97. The first kappa shape index (κ1) is 13.3. The van der Waals surface area contributed by atoms with Gasteiger partial charge in [-0.2, -0.15) is 11.8 Å². The van der Waals surface area contributed by atoms with Crippen LogP contribution in [0.1, 0.15) is 36.0 Å². The molecular formula is C14H19NO2S. The normalized spacial score (nSPS) is 23.6. The minimum Gasteiger partial charge on any atom is -0.478 e. The van der Waals surface area contributed by atoms with E-state index >= 15 is 0 Å². The topological polar surface area (TPSA) is 49.3 Å². The van der Waals surface area contributed by atoms with Crippen LogP contribution >= 0.6 is 11.8 Å². The lowest BCUT2D eigenvalue weighted by atomic mass is 9.95. The molecule has 1 saturated carbocycles. The second-order valence-corrected chi connectivity index (χ2v) is 5.87. The summed E-state index contributed by atoms with van der Waals surface area (Å²) in [7, 11) is 0. The van der Waals surface area contributed by atoms with Gasteiger partial charge in [0.2, 0.25) is 0 Å². The molecular weight excluding hydrogens is 246 g/mol. The fraction of sp³-hybridized carbons (Fsp3) is 0.500. The molecule has 0 aromatic heterocycles. The van der Waals surface area contributed by atoms with Crippen molar-refractivity contribution in [3.8, 4) is 0 Å². The molecule has 2 N–H and O–H groups in total. The van der Waals surface area contributed by atoms with E-state index in [1.165, 1.54) is 25.7 Å². The van der Waals surface area contributed by atoms with E-state index < -0.39 is 5.97 Å². The van der Waals surface area contributed by atoms with Crippen LogP contribution in [0.3, 0.4) is 0 Å². The molecule has 1 aliphatic rings. The van der Waals surface area contributed by atoms with Gasteiger partial charge in [-0.3, -0.25) is 0 Å². The van der Waals surface area contributed by atoms with Gasteiger partial charge in [-0.15, -0.1) is 0 Å². The number of rotatable bonds is 4. The number of carboxylic acids is 1. The van der Waals surface area contributed by atoms with Gasteiger partial charge in [0.05, 0.1) is 5.56 Å². The molecule has 98 valence electrons. The van der Waals surface area contributed by atoms with Crippen LogP contribution in [0.15, 0.2) is 24.3 Å². The molecule has 3 nitrogen and oxygen atoms in total. The monoisotopic (exact) mass is 265 g/mol. The fourth-order valence-electron chi connectivity index (χ4n) is 2.39. The van der Waals surface area contributed by atoms with E-state index in [1.54, 1.807) is 12.1 Å². The van der Waals surface area contributed by atoms with E-state index in [0.29, 0.717) is 11.6 Å². The lowest BCUT2D eigenvalue weighted by Gasteiger charge is -2.28. The second kappa shape index (κ2) is 6.14. The maximum absolute atomic E-state index is 10.7. The third kappa shape index (κ3) is 3.42. The molecule has 0 bridgehead atoms. The summed E-state index contributed by atoms with van der Waals surface area (Å²) in [6.45, 7) is 0. The molecule has 0 amide bonds. The van der Waals surface area contributed by atoms with Crippen LogP contribution in [0.2, 0.25) is 0 Å². The van der Waals surface area contributed by atoms with Gasteiger partial charge >= 0.3 is 5.97 Å². The van der Waals surface area contributed by atoms with Crippen LogP contribution in [-0.2, 0) is 0 Å². The van der Waals surface area contributed by atoms with Crippen molar-refractivity contribution in [1.82, 2.24) is 0 Å². The molecule has 0 heterocycles. The number of nitrogens with one attached hydrogen (secondary N) is 1. The molecule has 0 spiro atoms. The molecule has 0 atom stereocenters. The third-order valence-electron chi connectivity index (χ3n) is 3.51. The molecule has 1 aromatic carbocycles. The number of carboxylic acid groups (broad SMARTS) is 1. The van der Waals surface area contributed by atoms with Crippen LogP contribution in [-0.4, -0.2) is 28.6 Å². The highest BCUT2D eigenvalue weighted by molar-refractivity contribution is 7.99. The number of benzene rings is 1. The minimum atomic E-state index is -0.873. The predicted molar refractivity (Wildman–Crippen MR) is 76.6 cm³/mol. The number of anilines is 1. The molecule has 4 heteroatoms. The Morgan fingerprint density at radius 3 is 2.33 bits per heavy atom. The maximum Gasteiger partial charge on any atom is 0.335 e. The molecule has 0 radical (unpaired) electrons. The van der Waals surface area contributed by atoms with Gasteiger partial charge in [-0.1, -0.05) is 0 Å². The Morgan fingerprint density at radius 2 is 1.83 bits per heavy atom. The fourth-order valence-corrected chi connectivity index (χ4v) is 3.13. The average Bonchev–Trinajstić information content (AvgIpc) is 2.40. The molecule has 1 aromatic rings. The smallest absolute Gasteiger partial charge is 0.335 e. The molecule has 0 saturated heterocycles. The lowest BCUT2D eigenvalue weighted by molar-refractivity contribution is 0.0697. The molecule has 0 aliphatic heterocycles. The number of hydrogen-bond acceptors (Lipinski definition) is 3. The average molecular weight is 265 g/mol. The van der Waals surface area contributed by atoms with Crippen molar-refractivity contribution in [3.63, 3.8) is 0 Å². The van der Waals surface area contributed by atoms with Crippen LogP contribution in [0, 0.1) is 0 Å². The van der Waals surface area contributed by atoms with Crippen molar-refractivity contribution in [2.24, 2.45) is 0 Å². The summed E-state index contributed by atoms with van der Waals surface area (Å²) in [5, 5.41) is 13.1. The van der Waals surface area contributed by atoms with Gasteiger partial charge in [0.25, 0.3) is 0 Å². The summed E-state index contributed by atoms with van der Waals surface area (Å²) in [4.78, 5) is 10.7. The summed E-state index contributed by atoms with van der Waals surface area (Å²) in [5.74, 6) is -0.873. The number of thioether (sulfide) groups is 1. The summed E-state index contributed by atoms with van der Waals surface area (Å²) in [6, 6.07) is 7.54. The zero-order valence-electron chi connectivity index (χ0n) is 10.6. The maximum atomic E-state index is 10.7. The molecule has 1 fully saturated rings. The zero-order chi connectivity index (χ0) is 13.0. The Kier molecular flexibility index (Phi) is 4.53. The van der Waals surface area contributed by atoms with Crippen LogP contribution < -0.4 is 5.32 Å². The predicted octanol–water partition coefficient (Wildman–Crippen LogP) is 3.47. The first-order chi connectivity index (χ1) is 8.69. The number of aromatic carboxylic acids is 1. The molecule has 1 aliphatic carbocycles. The SMILES string of the molecule is CSC1CCC(Nc2ccc(C(=O)O)cc2)CC1. The Labute approximate surface area is 112 Å². The highest BCUT2D eigenvalue weighted by Crippen LogP contribution is 2.28. The number of carbonyl (C=O) groups is 1. The Balaban J connectivity index is 1.88. The summed E-state index contributed by atoms with van der Waals surface area (Å²) in [5.41, 5.74) is 1.36. The van der Waals surface area contributed by atoms with Gasteiger partial charge in [-0.05, 0) is 56.2 Å². The van der Waals surface area contributed by atoms with Gasteiger partial charge in [0.15, 0.2) is 0 Å². The van der Waals surface area contributed by atoms with Crippen molar-refractivity contribution >= 4 is 23.4 Å². The Hall–Kier alpha value is -1.16. The van der Waals surface area contributed by atoms with E-state index in [4.69, 9.17) is 5.11 Å². The van der Waals surface area contributed by atoms with Crippen LogP contribution in [0.4, 0.5) is 5.69 Å². The van der Waals surface area contributed by atoms with Gasteiger partial charge in [0.1, 0.15) is 0 Å². The quantitative estimate of drug-likeness (QED) is 0.875. The van der Waals surface area contributed by atoms with Gasteiger partial charge in [-0.25, -0.2) is 4.79 Å². The van der Waals surface area contributed by atoms with E-state index in [9.17, 15) is 4.79 Å². The second-order valence-electron chi connectivity index (χ2n) is 4.74. The Bertz CT molecular complexity index is 397. The van der Waals surface area contributed by atoms with Gasteiger partial charge < -0.3 is 10.4 Å². The lowest BCUT2D eigenvalue weighted by Crippen LogP contribution is -2.27. The highest BCUT2D eigenvalue weighted by atomic mass is 32.2. The third-order valence-corrected chi connectivity index (χ3v) is 4.65. The summed E-state index contributed by atoms with van der Waals surface area (Å²) in [6.07, 6.45) is 7.12. The van der Waals surface area contributed by atoms with E-state index in [2.05, 4.69) is 11.6 Å². The van der Waals surface area contributed by atoms with Crippen LogP contribution in [0.5, 0.6) is 0 Å². The number of hydrogen-bond donors (Lipinski definition) is 2. The van der Waals surface area contributed by atoms with Crippen molar-refractivity contribution in [1.29, 1.82) is 0 Å². The first-order valence-electron chi connectivity index (χ1n) is 6.31. The van der Waals surface area contributed by atoms with E-state index in [1.807, 2.05) is 23.9 Å². The van der Waals surface area contributed by atoms with E-state index in [-0.39, 0.29) is 0 Å². The summed E-state index contributed by atoms with van der Waals surface area (Å²) < 4.78 is 0.